The zero-order chi connectivity index (χ0) is 14.7. The van der Waals surface area contributed by atoms with Gasteiger partial charge in [-0.1, -0.05) is 16.7 Å². The van der Waals surface area contributed by atoms with Crippen molar-refractivity contribution in [1.82, 2.24) is 0 Å². The van der Waals surface area contributed by atoms with Gasteiger partial charge in [0.15, 0.2) is 11.0 Å². The molecule has 1 aliphatic rings. The number of thiocarbonyl (C=S) groups is 1. The average molecular weight is 360 g/mol. The molecule has 0 aromatic carbocycles. The first-order valence-electron chi connectivity index (χ1n) is 5.71. The summed E-state index contributed by atoms with van der Waals surface area (Å²) in [7, 11) is 0. The minimum absolute atomic E-state index is 0.0929. The van der Waals surface area contributed by atoms with E-state index < -0.39 is 5.69 Å². The lowest BCUT2D eigenvalue weighted by Crippen LogP contribution is -2.52. The molecular weight excluding hydrogens is 343 g/mol. The van der Waals surface area contributed by atoms with Crippen LogP contribution in [0.3, 0.4) is 0 Å². The number of hydrogen-bond donors (Lipinski definition) is 1. The summed E-state index contributed by atoms with van der Waals surface area (Å²) in [5.41, 5.74) is -2.85. The van der Waals surface area contributed by atoms with Gasteiger partial charge < -0.3 is 9.42 Å². The van der Waals surface area contributed by atoms with Crippen LogP contribution in [0.1, 0.15) is 20.8 Å². The molecule has 1 N–H and O–H groups in total. The largest absolute Gasteiger partial charge is 0.337 e. The van der Waals surface area contributed by atoms with Crippen molar-refractivity contribution >= 4 is 62.9 Å². The standard InChI is InChI=1S/C10H16ClN2O2PS3/c1-4-15-16(14,18)19-7-13(8(2)3)10(17)6-5-9(11)12-13/h5-6,8H,4,7H2,1-3H3/p+1. The molecule has 0 aromatic rings. The molecule has 0 radical (unpaired) electrons. The summed E-state index contributed by atoms with van der Waals surface area (Å²) in [6.07, 6.45) is 3.44. The summed E-state index contributed by atoms with van der Waals surface area (Å²) in [6.45, 7) is 6.19. The van der Waals surface area contributed by atoms with Crippen LogP contribution >= 0.6 is 40.9 Å². The highest BCUT2D eigenvalue weighted by molar-refractivity contribution is 8.67. The molecule has 0 aromatic heterocycles. The Labute approximate surface area is 133 Å². The highest BCUT2D eigenvalue weighted by Gasteiger charge is 2.40. The van der Waals surface area contributed by atoms with E-state index in [4.69, 9.17) is 40.1 Å². The fourth-order valence-corrected chi connectivity index (χ4v) is 5.62. The van der Waals surface area contributed by atoms with Crippen LogP contribution in [0.25, 0.3) is 0 Å². The quantitative estimate of drug-likeness (QED) is 0.446. The predicted molar refractivity (Wildman–Crippen MR) is 91.0 cm³/mol. The Morgan fingerprint density at radius 2 is 2.21 bits per heavy atom. The molecule has 0 spiro atoms. The molecule has 2 atom stereocenters. The summed E-state index contributed by atoms with van der Waals surface area (Å²) in [5.74, 6) is 0.408. The minimum Gasteiger partial charge on any atom is -0.337 e. The summed E-state index contributed by atoms with van der Waals surface area (Å²) in [6, 6.07) is 0.0929. The third-order valence-corrected chi connectivity index (χ3v) is 7.56. The lowest BCUT2D eigenvalue weighted by atomic mass is 10.3. The second kappa shape index (κ2) is 7.09. The van der Waals surface area contributed by atoms with Crippen LogP contribution in [0.4, 0.5) is 0 Å². The molecule has 19 heavy (non-hydrogen) atoms. The highest BCUT2D eigenvalue weighted by atomic mass is 35.5. The molecule has 1 aliphatic heterocycles. The van der Waals surface area contributed by atoms with E-state index in [1.165, 1.54) is 11.4 Å². The van der Waals surface area contributed by atoms with E-state index >= 15 is 0 Å². The zero-order valence-corrected chi connectivity index (χ0v) is 15.0. The van der Waals surface area contributed by atoms with Gasteiger partial charge in [-0.3, -0.25) is 0 Å². The van der Waals surface area contributed by atoms with E-state index in [0.29, 0.717) is 22.6 Å². The Balaban J connectivity index is 2.94. The lowest BCUT2D eigenvalue weighted by molar-refractivity contribution is -0.854. The topological polar surface area (TPSA) is 41.8 Å². The van der Waals surface area contributed by atoms with E-state index in [2.05, 4.69) is 5.10 Å². The van der Waals surface area contributed by atoms with Gasteiger partial charge in [0, 0.05) is 6.08 Å². The van der Waals surface area contributed by atoms with Crippen molar-refractivity contribution in [2.45, 2.75) is 26.8 Å². The normalized spacial score (nSPS) is 26.4. The molecule has 2 unspecified atom stereocenters. The molecule has 1 rings (SSSR count). The van der Waals surface area contributed by atoms with E-state index in [9.17, 15) is 4.89 Å². The second-order valence-corrected chi connectivity index (χ2v) is 11.1. The Kier molecular flexibility index (Phi) is 6.61. The van der Waals surface area contributed by atoms with Crippen LogP contribution in [0.15, 0.2) is 17.3 Å². The number of nitrogens with zero attached hydrogens (tertiary/aromatic N) is 2. The third-order valence-electron chi connectivity index (χ3n) is 2.58. The van der Waals surface area contributed by atoms with Gasteiger partial charge in [-0.2, -0.15) is 0 Å². The van der Waals surface area contributed by atoms with E-state index in [1.807, 2.05) is 13.8 Å². The molecule has 0 fully saturated rings. The third kappa shape index (κ3) is 4.58. The van der Waals surface area contributed by atoms with Crippen molar-refractivity contribution in [3.05, 3.63) is 12.2 Å². The van der Waals surface area contributed by atoms with E-state index in [-0.39, 0.29) is 10.6 Å². The summed E-state index contributed by atoms with van der Waals surface area (Å²) >= 11 is 17.6. The fraction of sp³-hybridized carbons (Fsp3) is 0.600. The molecule has 0 saturated carbocycles. The maximum absolute atomic E-state index is 10.0. The predicted octanol–water partition coefficient (Wildman–Crippen LogP) is 3.61. The number of rotatable bonds is 6. The first kappa shape index (κ1) is 17.7. The Hall–Kier alpha value is 0.670. The fourth-order valence-electron chi connectivity index (χ4n) is 1.50. The van der Waals surface area contributed by atoms with Crippen molar-refractivity contribution in [1.29, 1.82) is 0 Å². The Morgan fingerprint density at radius 3 is 2.74 bits per heavy atom. The monoisotopic (exact) mass is 359 g/mol. The first-order chi connectivity index (χ1) is 8.73. The molecular formula is C10H17ClN2O2PS3+. The molecule has 0 aliphatic carbocycles. The number of halogens is 1. The molecule has 9 heteroatoms. The Morgan fingerprint density at radius 1 is 1.58 bits per heavy atom. The maximum atomic E-state index is 10.0. The lowest BCUT2D eigenvalue weighted by Gasteiger charge is -2.36. The SMILES string of the molecule is CCOP(O)(=S)SC[N+]1(C(C)C)N=C(Cl)C=CC1=S. The van der Waals surface area contributed by atoms with Gasteiger partial charge in [0.2, 0.25) is 10.7 Å². The molecule has 0 amide bonds. The van der Waals surface area contributed by atoms with Crippen molar-refractivity contribution in [2.24, 2.45) is 5.10 Å². The Bertz CT molecular complexity index is 470. The zero-order valence-electron chi connectivity index (χ0n) is 10.9. The van der Waals surface area contributed by atoms with Crippen molar-refractivity contribution in [3.63, 3.8) is 0 Å². The van der Waals surface area contributed by atoms with Gasteiger partial charge >= 0.3 is 0 Å². The maximum Gasteiger partial charge on any atom is 0.250 e. The van der Waals surface area contributed by atoms with Gasteiger partial charge in [-0.15, -0.1) is 4.59 Å². The highest BCUT2D eigenvalue weighted by Crippen LogP contribution is 2.57. The number of quaternary nitrogens is 1. The van der Waals surface area contributed by atoms with Crippen molar-refractivity contribution < 1.29 is 14.0 Å². The molecule has 0 bridgehead atoms. The average Bonchev–Trinajstić information content (AvgIpc) is 2.30. The van der Waals surface area contributed by atoms with Crippen molar-refractivity contribution in [3.8, 4) is 0 Å². The second-order valence-electron chi connectivity index (χ2n) is 4.16. The number of allylic oxidation sites excluding steroid dienone is 1. The van der Waals surface area contributed by atoms with Gasteiger partial charge in [0.25, 0.3) is 0 Å². The van der Waals surface area contributed by atoms with Crippen LogP contribution in [-0.4, -0.2) is 38.2 Å². The van der Waals surface area contributed by atoms with Gasteiger partial charge in [-0.25, -0.2) is 0 Å². The van der Waals surface area contributed by atoms with Gasteiger partial charge in [-0.05, 0) is 62.3 Å². The molecule has 4 nitrogen and oxygen atoms in total. The summed E-state index contributed by atoms with van der Waals surface area (Å²) < 4.78 is 5.35. The summed E-state index contributed by atoms with van der Waals surface area (Å²) in [4.78, 5) is 10.7. The van der Waals surface area contributed by atoms with Gasteiger partial charge in [0.05, 0.1) is 6.61 Å². The van der Waals surface area contributed by atoms with Crippen LogP contribution in [0.2, 0.25) is 0 Å². The smallest absolute Gasteiger partial charge is 0.250 e. The van der Waals surface area contributed by atoms with Crippen LogP contribution in [0, 0.1) is 0 Å². The number of hydrogen-bond acceptors (Lipinski definition) is 5. The minimum atomic E-state index is -2.85. The van der Waals surface area contributed by atoms with Gasteiger partial charge in [0.1, 0.15) is 6.04 Å². The van der Waals surface area contributed by atoms with Crippen LogP contribution in [-0.2, 0) is 16.3 Å². The molecule has 108 valence electrons. The van der Waals surface area contributed by atoms with E-state index in [0.717, 1.165) is 0 Å². The molecule has 1 heterocycles. The van der Waals surface area contributed by atoms with Crippen LogP contribution < -0.4 is 0 Å². The first-order valence-corrected chi connectivity index (χ1v) is 10.8. The molecule has 0 saturated heterocycles. The van der Waals surface area contributed by atoms with E-state index in [1.54, 1.807) is 19.1 Å². The van der Waals surface area contributed by atoms with Crippen LogP contribution in [0.5, 0.6) is 0 Å². The van der Waals surface area contributed by atoms with Crippen molar-refractivity contribution in [2.75, 3.05) is 12.5 Å². The summed E-state index contributed by atoms with van der Waals surface area (Å²) in [5, 5.41) is 4.83.